The van der Waals surface area contributed by atoms with Crippen LogP contribution < -0.4 is 4.72 Å². The van der Waals surface area contributed by atoms with Gasteiger partial charge in [-0.1, -0.05) is 0 Å². The maximum atomic E-state index is 11.8. The summed E-state index contributed by atoms with van der Waals surface area (Å²) in [6.07, 6.45) is 0.450. The number of nitrogens with one attached hydrogen (secondary N) is 1. The van der Waals surface area contributed by atoms with Crippen molar-refractivity contribution in [2.24, 2.45) is 0 Å². The van der Waals surface area contributed by atoms with E-state index in [0.717, 1.165) is 37.4 Å². The van der Waals surface area contributed by atoms with Gasteiger partial charge in [0.1, 0.15) is 5.78 Å². The summed E-state index contributed by atoms with van der Waals surface area (Å²) in [5.74, 6) is -1.41. The lowest BCUT2D eigenvalue weighted by atomic mass is 10.3. The average Bonchev–Trinajstić information content (AvgIpc) is 2.26. The number of carbonyl (C=O) groups excluding carboxylic acids is 2. The number of benzene rings is 1. The number of sulfonamides is 1. The molecule has 0 aliphatic heterocycles. The Morgan fingerprint density at radius 1 is 1.00 bits per heavy atom. The Morgan fingerprint density at radius 2 is 1.45 bits per heavy atom. The van der Waals surface area contributed by atoms with E-state index >= 15 is 0 Å². The number of rotatable bonds is 5. The normalized spacial score (nSPS) is 11.9. The van der Waals surface area contributed by atoms with Crippen molar-refractivity contribution in [3.8, 4) is 0 Å². The third kappa shape index (κ3) is 4.42. The molecular formula is C11H13NO6S2. The first-order valence-corrected chi connectivity index (χ1v) is 8.75. The molecule has 1 aromatic carbocycles. The predicted octanol–water partition coefficient (Wildman–Crippen LogP) is -0.126. The van der Waals surface area contributed by atoms with Gasteiger partial charge >= 0.3 is 0 Å². The van der Waals surface area contributed by atoms with Crippen molar-refractivity contribution in [3.63, 3.8) is 0 Å². The molecule has 0 radical (unpaired) electrons. The number of carbonyl (C=O) groups is 2. The molecule has 0 aliphatic carbocycles. The minimum Gasteiger partial charge on any atom is -0.299 e. The Morgan fingerprint density at radius 3 is 1.85 bits per heavy atom. The van der Waals surface area contributed by atoms with Crippen LogP contribution >= 0.6 is 0 Å². The first-order valence-electron chi connectivity index (χ1n) is 5.37. The summed E-state index contributed by atoms with van der Waals surface area (Å²) < 4.78 is 47.8. The van der Waals surface area contributed by atoms with Crippen molar-refractivity contribution in [3.05, 3.63) is 24.3 Å². The largest absolute Gasteiger partial charge is 0.299 e. The summed E-state index contributed by atoms with van der Waals surface area (Å²) in [6, 6.07) is 4.39. The Kier molecular flexibility index (Phi) is 4.66. The van der Waals surface area contributed by atoms with Gasteiger partial charge in [-0.2, -0.15) is 0 Å². The first-order chi connectivity index (χ1) is 9.02. The Hall–Kier alpha value is -1.74. The quantitative estimate of drug-likeness (QED) is 0.756. The van der Waals surface area contributed by atoms with Gasteiger partial charge in [0.2, 0.25) is 5.91 Å². The highest BCUT2D eigenvalue weighted by atomic mass is 32.2. The molecule has 1 N–H and O–H groups in total. The standard InChI is InChI=1S/C11H13NO6S2/c1-8(13)7-11(14)12-20(17,18)10-5-3-9(4-6-10)19(2,15)16/h3-6H,7H2,1-2H3,(H,12,14). The van der Waals surface area contributed by atoms with Crippen molar-refractivity contribution in [2.45, 2.75) is 23.1 Å². The van der Waals surface area contributed by atoms with Crippen molar-refractivity contribution in [2.75, 3.05) is 6.26 Å². The van der Waals surface area contributed by atoms with Crippen LogP contribution in [0.25, 0.3) is 0 Å². The number of Topliss-reactive ketones (excluding diaryl/α,β-unsaturated/α-hetero) is 1. The topological polar surface area (TPSA) is 114 Å². The molecule has 0 aromatic heterocycles. The molecule has 110 valence electrons. The second-order valence-electron chi connectivity index (χ2n) is 4.15. The zero-order valence-electron chi connectivity index (χ0n) is 10.8. The van der Waals surface area contributed by atoms with Gasteiger partial charge in [-0.05, 0) is 31.2 Å². The van der Waals surface area contributed by atoms with E-state index in [1.165, 1.54) is 0 Å². The van der Waals surface area contributed by atoms with Gasteiger partial charge in [0, 0.05) is 6.26 Å². The van der Waals surface area contributed by atoms with Crippen LogP contribution in [-0.4, -0.2) is 34.8 Å². The number of hydrogen-bond acceptors (Lipinski definition) is 6. The summed E-state index contributed by atoms with van der Waals surface area (Å²) in [6.45, 7) is 1.16. The molecule has 1 rings (SSSR count). The van der Waals surface area contributed by atoms with Gasteiger partial charge in [-0.3, -0.25) is 9.59 Å². The number of sulfone groups is 1. The molecule has 0 atom stereocenters. The van der Waals surface area contributed by atoms with Crippen LogP contribution in [0, 0.1) is 0 Å². The molecule has 9 heteroatoms. The smallest absolute Gasteiger partial charge is 0.264 e. The molecule has 0 aliphatic rings. The van der Waals surface area contributed by atoms with E-state index in [1.807, 2.05) is 0 Å². The Labute approximate surface area is 117 Å². The fourth-order valence-electron chi connectivity index (χ4n) is 1.34. The van der Waals surface area contributed by atoms with Gasteiger partial charge in [-0.25, -0.2) is 21.6 Å². The molecule has 1 aromatic rings. The third-order valence-electron chi connectivity index (χ3n) is 2.22. The second-order valence-corrected chi connectivity index (χ2v) is 7.85. The van der Waals surface area contributed by atoms with Gasteiger partial charge in [-0.15, -0.1) is 0 Å². The van der Waals surface area contributed by atoms with Crippen molar-refractivity contribution >= 4 is 31.6 Å². The highest BCUT2D eigenvalue weighted by Crippen LogP contribution is 2.14. The predicted molar refractivity (Wildman–Crippen MR) is 70.2 cm³/mol. The molecule has 0 bridgehead atoms. The van der Waals surface area contributed by atoms with Crippen LogP contribution in [0.2, 0.25) is 0 Å². The summed E-state index contributed by atoms with van der Waals surface area (Å²) in [4.78, 5) is 21.7. The van der Waals surface area contributed by atoms with Gasteiger partial charge < -0.3 is 0 Å². The number of amides is 1. The fraction of sp³-hybridized carbons (Fsp3) is 0.273. The minimum atomic E-state index is -4.11. The van der Waals surface area contributed by atoms with E-state index in [4.69, 9.17) is 0 Å². The summed E-state index contributed by atoms with van der Waals surface area (Å²) in [5.41, 5.74) is 0. The van der Waals surface area contributed by atoms with E-state index in [9.17, 15) is 26.4 Å². The lowest BCUT2D eigenvalue weighted by Gasteiger charge is -2.06. The fourth-order valence-corrected chi connectivity index (χ4v) is 2.95. The minimum absolute atomic E-state index is 0.0356. The Bertz CT molecular complexity index is 732. The third-order valence-corrected chi connectivity index (χ3v) is 4.74. The highest BCUT2D eigenvalue weighted by Gasteiger charge is 2.19. The summed E-state index contributed by atoms with van der Waals surface area (Å²) in [7, 11) is -7.54. The molecule has 0 unspecified atom stereocenters. The SMILES string of the molecule is CC(=O)CC(=O)NS(=O)(=O)c1ccc(S(C)(=O)=O)cc1. The van der Waals surface area contributed by atoms with Crippen molar-refractivity contribution in [1.29, 1.82) is 0 Å². The molecular weight excluding hydrogens is 306 g/mol. The summed E-state index contributed by atoms with van der Waals surface area (Å²) >= 11 is 0. The molecule has 7 nitrogen and oxygen atoms in total. The lowest BCUT2D eigenvalue weighted by Crippen LogP contribution is -2.31. The molecule has 0 fully saturated rings. The second kappa shape index (κ2) is 5.71. The van der Waals surface area contributed by atoms with E-state index in [1.54, 1.807) is 4.72 Å². The van der Waals surface area contributed by atoms with E-state index in [2.05, 4.69) is 0 Å². The van der Waals surface area contributed by atoms with E-state index in [0.29, 0.717) is 0 Å². The van der Waals surface area contributed by atoms with Gasteiger partial charge in [0.05, 0.1) is 16.2 Å². The maximum absolute atomic E-state index is 11.8. The van der Waals surface area contributed by atoms with Gasteiger partial charge in [0.15, 0.2) is 9.84 Å². The van der Waals surface area contributed by atoms with Crippen LogP contribution in [0.15, 0.2) is 34.1 Å². The maximum Gasteiger partial charge on any atom is 0.264 e. The molecule has 0 saturated heterocycles. The Balaban J connectivity index is 3.00. The average molecular weight is 319 g/mol. The zero-order chi connectivity index (χ0) is 15.6. The lowest BCUT2D eigenvalue weighted by molar-refractivity contribution is -0.126. The van der Waals surface area contributed by atoms with Crippen LogP contribution in [0.3, 0.4) is 0 Å². The van der Waals surface area contributed by atoms with Crippen LogP contribution in [0.4, 0.5) is 0 Å². The van der Waals surface area contributed by atoms with Crippen LogP contribution in [-0.2, 0) is 29.4 Å². The molecule has 0 saturated carbocycles. The zero-order valence-corrected chi connectivity index (χ0v) is 12.4. The number of ketones is 1. The highest BCUT2D eigenvalue weighted by molar-refractivity contribution is 7.91. The molecule has 0 spiro atoms. The van der Waals surface area contributed by atoms with E-state index in [-0.39, 0.29) is 9.79 Å². The molecule has 20 heavy (non-hydrogen) atoms. The summed E-state index contributed by atoms with van der Waals surface area (Å²) in [5, 5.41) is 0. The molecule has 0 heterocycles. The van der Waals surface area contributed by atoms with Crippen molar-refractivity contribution < 1.29 is 26.4 Å². The van der Waals surface area contributed by atoms with E-state index < -0.39 is 38.0 Å². The monoisotopic (exact) mass is 319 g/mol. The van der Waals surface area contributed by atoms with Gasteiger partial charge in [0.25, 0.3) is 10.0 Å². The van der Waals surface area contributed by atoms with Crippen LogP contribution in [0.1, 0.15) is 13.3 Å². The van der Waals surface area contributed by atoms with Crippen molar-refractivity contribution in [1.82, 2.24) is 4.72 Å². The number of hydrogen-bond donors (Lipinski definition) is 1. The van der Waals surface area contributed by atoms with Crippen LogP contribution in [0.5, 0.6) is 0 Å². The molecule has 1 amide bonds. The first kappa shape index (κ1) is 16.3.